The van der Waals surface area contributed by atoms with Crippen molar-refractivity contribution < 1.29 is 18.0 Å². The zero-order valence-corrected chi connectivity index (χ0v) is 17.8. The number of hydrogen-bond acceptors (Lipinski definition) is 3. The van der Waals surface area contributed by atoms with E-state index in [9.17, 15) is 18.0 Å². The van der Waals surface area contributed by atoms with E-state index in [2.05, 4.69) is 20.3 Å². The number of imidazole rings is 1. The standard InChI is InChI=1S/C22H15Cl2F3N4O/c23-15-4-2-5-16(24)14(15)10-20-30-17-8-7-12(9-18(17)31-20)21(32)28-11-13-3-1-6-19(29-13)22(25,26)27/h1-9H,10-11H2,(H,28,32)(H,30,31). The third-order valence-corrected chi connectivity index (χ3v) is 5.43. The normalized spacial score (nSPS) is 11.7. The predicted molar refractivity (Wildman–Crippen MR) is 116 cm³/mol. The van der Waals surface area contributed by atoms with Crippen molar-refractivity contribution in [1.29, 1.82) is 0 Å². The molecule has 2 N–H and O–H groups in total. The molecule has 1 amide bonds. The van der Waals surface area contributed by atoms with Gasteiger partial charge in [-0.05, 0) is 48.0 Å². The van der Waals surface area contributed by atoms with Crippen LogP contribution in [-0.4, -0.2) is 20.9 Å². The van der Waals surface area contributed by atoms with Gasteiger partial charge in [0.1, 0.15) is 11.5 Å². The van der Waals surface area contributed by atoms with Crippen molar-refractivity contribution in [3.63, 3.8) is 0 Å². The molecule has 0 aliphatic rings. The molecule has 4 aromatic rings. The summed E-state index contributed by atoms with van der Waals surface area (Å²) in [6.45, 7) is -0.139. The lowest BCUT2D eigenvalue weighted by Gasteiger charge is -2.08. The Bertz CT molecular complexity index is 1280. The van der Waals surface area contributed by atoms with Crippen LogP contribution in [0.15, 0.2) is 54.6 Å². The van der Waals surface area contributed by atoms with Crippen molar-refractivity contribution in [3.05, 3.63) is 93.0 Å². The largest absolute Gasteiger partial charge is 0.433 e. The second-order valence-corrected chi connectivity index (χ2v) is 7.80. The van der Waals surface area contributed by atoms with Crippen LogP contribution in [0.4, 0.5) is 13.2 Å². The lowest BCUT2D eigenvalue weighted by Crippen LogP contribution is -2.23. The van der Waals surface area contributed by atoms with Gasteiger partial charge in [-0.3, -0.25) is 4.79 Å². The van der Waals surface area contributed by atoms with Crippen LogP contribution in [0.2, 0.25) is 10.0 Å². The number of aromatic nitrogens is 3. The van der Waals surface area contributed by atoms with Gasteiger partial charge in [0.05, 0.1) is 23.3 Å². The van der Waals surface area contributed by atoms with Crippen LogP contribution in [-0.2, 0) is 19.1 Å². The second-order valence-electron chi connectivity index (χ2n) is 6.99. The molecule has 10 heteroatoms. The summed E-state index contributed by atoms with van der Waals surface area (Å²) in [5, 5.41) is 3.64. The lowest BCUT2D eigenvalue weighted by atomic mass is 10.1. The summed E-state index contributed by atoms with van der Waals surface area (Å²) in [6.07, 6.45) is -4.16. The molecule has 4 rings (SSSR count). The number of halogens is 5. The summed E-state index contributed by atoms with van der Waals surface area (Å²) in [7, 11) is 0. The van der Waals surface area contributed by atoms with Gasteiger partial charge in [-0.25, -0.2) is 9.97 Å². The first kappa shape index (κ1) is 22.1. The Morgan fingerprint density at radius 3 is 2.44 bits per heavy atom. The third kappa shape index (κ3) is 4.87. The molecule has 0 fully saturated rings. The van der Waals surface area contributed by atoms with Gasteiger partial charge in [-0.2, -0.15) is 13.2 Å². The Balaban J connectivity index is 1.48. The molecule has 0 unspecified atom stereocenters. The number of nitrogens with one attached hydrogen (secondary N) is 2. The van der Waals surface area contributed by atoms with Gasteiger partial charge in [-0.15, -0.1) is 0 Å². The third-order valence-electron chi connectivity index (χ3n) is 4.73. The van der Waals surface area contributed by atoms with Crippen LogP contribution in [0, 0.1) is 0 Å². The van der Waals surface area contributed by atoms with Crippen molar-refractivity contribution >= 4 is 40.1 Å². The van der Waals surface area contributed by atoms with Gasteiger partial charge in [0.25, 0.3) is 5.91 Å². The maximum atomic E-state index is 12.8. The molecule has 0 aliphatic heterocycles. The molecule has 0 saturated heterocycles. The van der Waals surface area contributed by atoms with Gasteiger partial charge < -0.3 is 10.3 Å². The van der Waals surface area contributed by atoms with E-state index < -0.39 is 17.8 Å². The highest BCUT2D eigenvalue weighted by atomic mass is 35.5. The molecule has 2 aromatic carbocycles. The number of carbonyl (C=O) groups is 1. The summed E-state index contributed by atoms with van der Waals surface area (Å²) in [4.78, 5) is 23.7. The SMILES string of the molecule is O=C(NCc1cccc(C(F)(F)F)n1)c1ccc2nc(Cc3c(Cl)cccc3Cl)[nH]c2c1. The highest BCUT2D eigenvalue weighted by molar-refractivity contribution is 6.36. The molecule has 0 spiro atoms. The van der Waals surface area contributed by atoms with Crippen LogP contribution >= 0.6 is 23.2 Å². The zero-order chi connectivity index (χ0) is 22.9. The quantitative estimate of drug-likeness (QED) is 0.380. The maximum Gasteiger partial charge on any atom is 0.433 e. The number of fused-ring (bicyclic) bond motifs is 1. The molecule has 32 heavy (non-hydrogen) atoms. The van der Waals surface area contributed by atoms with Crippen LogP contribution < -0.4 is 5.32 Å². The fourth-order valence-electron chi connectivity index (χ4n) is 3.16. The van der Waals surface area contributed by atoms with E-state index in [0.29, 0.717) is 38.9 Å². The summed E-state index contributed by atoms with van der Waals surface area (Å²) in [5.74, 6) is 0.178. The molecule has 0 bridgehead atoms. The van der Waals surface area contributed by atoms with E-state index in [1.54, 1.807) is 36.4 Å². The van der Waals surface area contributed by atoms with E-state index in [1.165, 1.54) is 12.1 Å². The van der Waals surface area contributed by atoms with Crippen molar-refractivity contribution in [2.24, 2.45) is 0 Å². The van der Waals surface area contributed by atoms with E-state index in [-0.39, 0.29) is 12.2 Å². The molecule has 2 heterocycles. The number of pyridine rings is 1. The smallest absolute Gasteiger partial charge is 0.346 e. The first-order valence-corrected chi connectivity index (χ1v) is 10.2. The average Bonchev–Trinajstić information content (AvgIpc) is 3.16. The summed E-state index contributed by atoms with van der Waals surface area (Å²) < 4.78 is 38.4. The number of benzene rings is 2. The first-order valence-electron chi connectivity index (χ1n) is 9.43. The summed E-state index contributed by atoms with van der Waals surface area (Å²) in [6, 6.07) is 13.7. The fourth-order valence-corrected chi connectivity index (χ4v) is 3.70. The fraction of sp³-hybridized carbons (Fsp3) is 0.136. The van der Waals surface area contributed by atoms with E-state index in [4.69, 9.17) is 23.2 Å². The van der Waals surface area contributed by atoms with E-state index in [0.717, 1.165) is 11.6 Å². The molecule has 0 saturated carbocycles. The maximum absolute atomic E-state index is 12.8. The summed E-state index contributed by atoms with van der Waals surface area (Å²) in [5.41, 5.74) is 1.45. The number of hydrogen-bond donors (Lipinski definition) is 2. The van der Waals surface area contributed by atoms with E-state index >= 15 is 0 Å². The van der Waals surface area contributed by atoms with Gasteiger partial charge >= 0.3 is 6.18 Å². The highest BCUT2D eigenvalue weighted by Crippen LogP contribution is 2.28. The molecule has 5 nitrogen and oxygen atoms in total. The molecule has 0 radical (unpaired) electrons. The van der Waals surface area contributed by atoms with Crippen LogP contribution in [0.5, 0.6) is 0 Å². The minimum absolute atomic E-state index is 0.106. The number of alkyl halides is 3. The van der Waals surface area contributed by atoms with Gasteiger partial charge in [-0.1, -0.05) is 35.3 Å². The molecule has 0 aliphatic carbocycles. The van der Waals surface area contributed by atoms with E-state index in [1.807, 2.05) is 0 Å². The van der Waals surface area contributed by atoms with Crippen LogP contribution in [0.3, 0.4) is 0 Å². The molecule has 164 valence electrons. The lowest BCUT2D eigenvalue weighted by molar-refractivity contribution is -0.141. The minimum atomic E-state index is -4.54. The molecular formula is C22H15Cl2F3N4O. The molecule has 2 aromatic heterocycles. The molecule has 0 atom stereocenters. The minimum Gasteiger partial charge on any atom is -0.346 e. The second kappa shape index (κ2) is 8.80. The number of amides is 1. The first-order chi connectivity index (χ1) is 15.2. The Hall–Kier alpha value is -3.10. The van der Waals surface area contributed by atoms with Crippen LogP contribution in [0.1, 0.15) is 33.1 Å². The monoisotopic (exact) mass is 478 g/mol. The Kier molecular flexibility index (Phi) is 6.08. The van der Waals surface area contributed by atoms with Gasteiger partial charge in [0, 0.05) is 22.0 Å². The topological polar surface area (TPSA) is 70.7 Å². The zero-order valence-electron chi connectivity index (χ0n) is 16.3. The summed E-state index contributed by atoms with van der Waals surface area (Å²) >= 11 is 12.4. The highest BCUT2D eigenvalue weighted by Gasteiger charge is 2.32. The molecular weight excluding hydrogens is 464 g/mol. The predicted octanol–water partition coefficient (Wildman–Crippen LogP) is 5.80. The Labute approximate surface area is 190 Å². The van der Waals surface area contributed by atoms with Crippen molar-refractivity contribution in [3.8, 4) is 0 Å². The number of carbonyl (C=O) groups excluding carboxylic acids is 1. The number of rotatable bonds is 5. The van der Waals surface area contributed by atoms with Crippen LogP contribution in [0.25, 0.3) is 11.0 Å². The number of H-pyrrole nitrogens is 1. The Morgan fingerprint density at radius 1 is 1.00 bits per heavy atom. The average molecular weight is 479 g/mol. The van der Waals surface area contributed by atoms with Crippen molar-refractivity contribution in [2.45, 2.75) is 19.1 Å². The van der Waals surface area contributed by atoms with Crippen molar-refractivity contribution in [2.75, 3.05) is 0 Å². The Morgan fingerprint density at radius 2 is 1.72 bits per heavy atom. The van der Waals surface area contributed by atoms with Crippen molar-refractivity contribution in [1.82, 2.24) is 20.3 Å². The number of nitrogens with zero attached hydrogens (tertiary/aromatic N) is 2. The van der Waals surface area contributed by atoms with Gasteiger partial charge in [0.2, 0.25) is 0 Å². The number of aromatic amines is 1. The van der Waals surface area contributed by atoms with Gasteiger partial charge in [0.15, 0.2) is 0 Å².